The van der Waals surface area contributed by atoms with E-state index >= 15 is 0 Å². The summed E-state index contributed by atoms with van der Waals surface area (Å²) in [5.74, 6) is -2.50. The summed E-state index contributed by atoms with van der Waals surface area (Å²) in [6, 6.07) is 0. The van der Waals surface area contributed by atoms with Crippen molar-refractivity contribution < 1.29 is 67.4 Å². The van der Waals surface area contributed by atoms with Crippen LogP contribution in [-0.4, -0.2) is 86.0 Å². The van der Waals surface area contributed by atoms with Crippen LogP contribution in [0.3, 0.4) is 0 Å². The normalized spacial score (nSPS) is 7.64. The van der Waals surface area contributed by atoms with Gasteiger partial charge in [-0.3, -0.25) is 0 Å². The van der Waals surface area contributed by atoms with Crippen LogP contribution < -0.4 is 0 Å². The Hall–Kier alpha value is -4.82. The Kier molecular flexibility index (Phi) is 82.2. The Morgan fingerprint density at radius 3 is 0.849 bits per heavy atom. The molecule has 0 atom stereocenters. The molecule has 312 valence electrons. The van der Waals surface area contributed by atoms with E-state index < -0.39 is 25.5 Å². The molecule has 0 saturated heterocycles. The summed E-state index contributed by atoms with van der Waals surface area (Å²) in [6.45, 7) is 40.7. The summed E-state index contributed by atoms with van der Waals surface area (Å²) in [4.78, 5) is 61.3. The zero-order chi connectivity index (χ0) is 42.9. The van der Waals surface area contributed by atoms with Gasteiger partial charge in [-0.15, -0.1) is 0 Å². The molecule has 0 radical (unpaired) electrons. The summed E-state index contributed by atoms with van der Waals surface area (Å²) in [6.07, 6.45) is 6.65. The van der Waals surface area contributed by atoms with E-state index in [-0.39, 0.29) is 31.3 Å². The van der Waals surface area contributed by atoms with Crippen LogP contribution in [0.2, 0.25) is 0 Å². The Bertz CT molecular complexity index is 889. The summed E-state index contributed by atoms with van der Waals surface area (Å²) in [5, 5.41) is 15.9. The van der Waals surface area contributed by atoms with Gasteiger partial charge >= 0.3 is 35.8 Å². The predicted octanol–water partition coefficient (Wildman–Crippen LogP) is 7.30. The molecule has 14 nitrogen and oxygen atoms in total. The van der Waals surface area contributed by atoms with Crippen molar-refractivity contribution >= 4 is 35.8 Å². The van der Waals surface area contributed by atoms with Crippen molar-refractivity contribution in [1.82, 2.24) is 0 Å². The Morgan fingerprint density at radius 2 is 0.717 bits per heavy atom. The molecule has 0 aromatic heterocycles. The maximum absolute atomic E-state index is 10.4. The summed E-state index contributed by atoms with van der Waals surface area (Å²) in [5.41, 5.74) is 1.19. The Morgan fingerprint density at radius 1 is 0.472 bits per heavy atom. The third-order valence-corrected chi connectivity index (χ3v) is 3.23. The van der Waals surface area contributed by atoms with Gasteiger partial charge in [0.25, 0.3) is 0 Å². The van der Waals surface area contributed by atoms with E-state index in [1.807, 2.05) is 6.92 Å². The lowest BCUT2D eigenvalue weighted by atomic mass is 10.4. The zero-order valence-corrected chi connectivity index (χ0v) is 33.6. The van der Waals surface area contributed by atoms with E-state index in [2.05, 4.69) is 95.6 Å². The first kappa shape index (κ1) is 69.9. The monoisotopic (exact) mass is 764 g/mol. The molecule has 2 N–H and O–H groups in total. The minimum absolute atomic E-state index is 0. The number of ether oxygens (including phenoxy) is 6. The molecule has 0 saturated carbocycles. The number of carbonyl (C=O) groups excluding carboxylic acids is 6. The van der Waals surface area contributed by atoms with Gasteiger partial charge in [-0.2, -0.15) is 0 Å². The minimum Gasteiger partial charge on any atom is -0.463 e. The third-order valence-electron chi connectivity index (χ3n) is 3.23. The number of aliphatic hydroxyl groups is 2. The van der Waals surface area contributed by atoms with Gasteiger partial charge in [0.05, 0.1) is 26.4 Å². The second kappa shape index (κ2) is 62.3. The lowest BCUT2D eigenvalue weighted by Gasteiger charge is -1.96. The quantitative estimate of drug-likeness (QED) is 0.0819. The molecule has 0 aliphatic rings. The molecule has 0 aliphatic carbocycles. The van der Waals surface area contributed by atoms with Gasteiger partial charge in [0, 0.05) is 34.9 Å². The largest absolute Gasteiger partial charge is 0.463 e. The van der Waals surface area contributed by atoms with Crippen molar-refractivity contribution in [3.63, 3.8) is 0 Å². The number of hydrogen-bond donors (Lipinski definition) is 2. The predicted molar refractivity (Wildman–Crippen MR) is 211 cm³/mol. The zero-order valence-electron chi connectivity index (χ0n) is 33.6. The van der Waals surface area contributed by atoms with Crippen LogP contribution in [0.5, 0.6) is 0 Å². The smallest absolute Gasteiger partial charge is 0.335 e. The fraction of sp³-hybridized carbons (Fsp3) is 0.538. The van der Waals surface area contributed by atoms with Gasteiger partial charge < -0.3 is 38.6 Å². The highest BCUT2D eigenvalue weighted by Gasteiger charge is 1.99. The fourth-order valence-corrected chi connectivity index (χ4v) is 1.28. The van der Waals surface area contributed by atoms with Crippen molar-refractivity contribution in [2.24, 2.45) is 0 Å². The van der Waals surface area contributed by atoms with Crippen LogP contribution in [0.15, 0.2) is 74.4 Å². The molecular weight excluding hydrogens is 692 g/mol. The summed E-state index contributed by atoms with van der Waals surface area (Å²) in [7, 11) is 0. The summed E-state index contributed by atoms with van der Waals surface area (Å²) >= 11 is 0. The molecular formula is C39H72O14. The standard InChI is InChI=1S/3C6H10O2.C5H8O3.C5H8O2.C4H6O3.2C3H8.CH4/c2*1-4-8-6(7)5(2)3;1-3-5-8-6(7)4-2;1-4(2)5(7)8-3-6;1-3-5(6)7-4-2;1-2-4(6)7-3-5;2*1-3-2;/h2*2,4H2,1,3H3;4H,2-3,5H2,1H3;6H,1,3H2,2H3;3H,1,4H2,2H3;2,5H,1,3H2;2*3H2,1-2H3;1H4. The number of aliphatic hydroxyl groups excluding tert-OH is 2. The molecule has 0 spiro atoms. The second-order valence-corrected chi connectivity index (χ2v) is 8.88. The fourth-order valence-electron chi connectivity index (χ4n) is 1.28. The van der Waals surface area contributed by atoms with Crippen LogP contribution >= 0.6 is 0 Å². The molecule has 0 unspecified atom stereocenters. The third kappa shape index (κ3) is 93.0. The number of rotatable bonds is 13. The van der Waals surface area contributed by atoms with E-state index in [1.54, 1.807) is 34.6 Å². The van der Waals surface area contributed by atoms with Crippen molar-refractivity contribution in [2.45, 2.75) is 103 Å². The number of carbonyl (C=O) groups is 6. The van der Waals surface area contributed by atoms with Gasteiger partial charge in [-0.05, 0) is 48.0 Å². The highest BCUT2D eigenvalue weighted by molar-refractivity contribution is 5.87. The van der Waals surface area contributed by atoms with Crippen molar-refractivity contribution in [3.05, 3.63) is 74.4 Å². The molecule has 0 aromatic carbocycles. The van der Waals surface area contributed by atoms with E-state index in [9.17, 15) is 28.8 Å². The highest BCUT2D eigenvalue weighted by atomic mass is 16.6. The first-order valence-electron chi connectivity index (χ1n) is 16.4. The highest BCUT2D eigenvalue weighted by Crippen LogP contribution is 1.91. The molecule has 0 heterocycles. The molecule has 0 rings (SSSR count). The van der Waals surface area contributed by atoms with Gasteiger partial charge in [-0.1, -0.05) is 94.4 Å². The van der Waals surface area contributed by atoms with E-state index in [0.29, 0.717) is 43.1 Å². The van der Waals surface area contributed by atoms with Gasteiger partial charge in [0.2, 0.25) is 0 Å². The van der Waals surface area contributed by atoms with E-state index in [1.165, 1.54) is 19.8 Å². The lowest BCUT2D eigenvalue weighted by Crippen LogP contribution is -2.04. The molecule has 0 aliphatic heterocycles. The van der Waals surface area contributed by atoms with Crippen molar-refractivity contribution in [3.8, 4) is 0 Å². The first-order valence-corrected chi connectivity index (χ1v) is 16.4. The van der Waals surface area contributed by atoms with Gasteiger partial charge in [0.15, 0.2) is 13.6 Å². The molecule has 53 heavy (non-hydrogen) atoms. The second-order valence-electron chi connectivity index (χ2n) is 8.88. The molecule has 0 bridgehead atoms. The molecule has 0 amide bonds. The maximum atomic E-state index is 10.4. The number of hydrogen-bond acceptors (Lipinski definition) is 14. The SMILES string of the molecule is C.C=C(C)C(=O)OCC.C=C(C)C(=O)OCC.C=C(C)C(=O)OCO.C=CC(=O)OCC.C=CC(=O)OCCC.C=CC(=O)OCO.CCC.CCC. The van der Waals surface area contributed by atoms with Gasteiger partial charge in [0.1, 0.15) is 0 Å². The Balaban J connectivity index is -0.0000000605. The summed E-state index contributed by atoms with van der Waals surface area (Å²) < 4.78 is 26.3. The molecule has 0 fully saturated rings. The van der Waals surface area contributed by atoms with E-state index in [4.69, 9.17) is 10.2 Å². The van der Waals surface area contributed by atoms with Crippen molar-refractivity contribution in [2.75, 3.05) is 40.0 Å². The average Bonchev–Trinajstić information content (AvgIpc) is 3.09. The van der Waals surface area contributed by atoms with Crippen LogP contribution in [0.25, 0.3) is 0 Å². The van der Waals surface area contributed by atoms with Crippen molar-refractivity contribution in [1.29, 1.82) is 0 Å². The number of esters is 6. The van der Waals surface area contributed by atoms with E-state index in [0.717, 1.165) is 24.6 Å². The van der Waals surface area contributed by atoms with Crippen LogP contribution in [-0.2, 0) is 57.2 Å². The van der Waals surface area contributed by atoms with Crippen LogP contribution in [0, 0.1) is 0 Å². The first-order chi connectivity index (χ1) is 24.3. The Labute approximate surface area is 320 Å². The average molecular weight is 765 g/mol. The molecule has 0 aromatic rings. The minimum atomic E-state index is -0.609. The topological polar surface area (TPSA) is 198 Å². The van der Waals surface area contributed by atoms with Crippen LogP contribution in [0.4, 0.5) is 0 Å². The van der Waals surface area contributed by atoms with Crippen LogP contribution in [0.1, 0.15) is 103 Å². The molecule has 14 heteroatoms. The lowest BCUT2D eigenvalue weighted by molar-refractivity contribution is -0.147. The maximum Gasteiger partial charge on any atom is 0.335 e. The van der Waals surface area contributed by atoms with Gasteiger partial charge in [-0.25, -0.2) is 28.8 Å².